The van der Waals surface area contributed by atoms with Crippen LogP contribution in [0, 0.1) is 0 Å². The molecule has 2 heterocycles. The van der Waals surface area contributed by atoms with Gasteiger partial charge in [-0.05, 0) is 37.0 Å². The number of hydrogen-bond acceptors (Lipinski definition) is 4. The molecule has 0 fully saturated rings. The molecule has 0 aromatic carbocycles. The predicted molar refractivity (Wildman–Crippen MR) is 77.4 cm³/mol. The first-order valence-electron chi connectivity index (χ1n) is 5.70. The molecular formula is C13H16N2OS2. The van der Waals surface area contributed by atoms with E-state index in [1.54, 1.807) is 11.3 Å². The molecule has 18 heavy (non-hydrogen) atoms. The Balaban J connectivity index is 1.97. The van der Waals surface area contributed by atoms with E-state index in [1.807, 2.05) is 37.7 Å². The van der Waals surface area contributed by atoms with Crippen LogP contribution in [0.3, 0.4) is 0 Å². The molecule has 2 aromatic rings. The van der Waals surface area contributed by atoms with E-state index in [-0.39, 0.29) is 11.9 Å². The molecule has 2 aromatic heterocycles. The Kier molecular flexibility index (Phi) is 4.52. The summed E-state index contributed by atoms with van der Waals surface area (Å²) in [4.78, 5) is 16.0. The second kappa shape index (κ2) is 6.13. The highest BCUT2D eigenvalue weighted by Gasteiger charge is 2.16. The average molecular weight is 280 g/mol. The van der Waals surface area contributed by atoms with Crippen LogP contribution < -0.4 is 5.32 Å². The van der Waals surface area contributed by atoms with Crippen molar-refractivity contribution in [3.63, 3.8) is 0 Å². The van der Waals surface area contributed by atoms with Crippen molar-refractivity contribution in [2.75, 3.05) is 20.6 Å². The van der Waals surface area contributed by atoms with Crippen molar-refractivity contribution in [1.82, 2.24) is 10.2 Å². The van der Waals surface area contributed by atoms with Crippen LogP contribution >= 0.6 is 22.7 Å². The van der Waals surface area contributed by atoms with Crippen LogP contribution in [0.4, 0.5) is 0 Å². The predicted octanol–water partition coefficient (Wildman–Crippen LogP) is 2.84. The van der Waals surface area contributed by atoms with Crippen LogP contribution in [0.1, 0.15) is 20.6 Å². The van der Waals surface area contributed by atoms with Gasteiger partial charge in [0.15, 0.2) is 0 Å². The van der Waals surface area contributed by atoms with Gasteiger partial charge < -0.3 is 10.2 Å². The van der Waals surface area contributed by atoms with E-state index in [4.69, 9.17) is 0 Å². The molecule has 1 unspecified atom stereocenters. The summed E-state index contributed by atoms with van der Waals surface area (Å²) in [5.41, 5.74) is 0. The van der Waals surface area contributed by atoms with Gasteiger partial charge in [-0.2, -0.15) is 0 Å². The molecule has 0 aliphatic rings. The first-order chi connectivity index (χ1) is 8.68. The van der Waals surface area contributed by atoms with Crippen LogP contribution in [-0.4, -0.2) is 31.4 Å². The summed E-state index contributed by atoms with van der Waals surface area (Å²) in [7, 11) is 4.06. The molecule has 0 aliphatic carbocycles. The Labute approximate surface area is 115 Å². The van der Waals surface area contributed by atoms with E-state index in [0.29, 0.717) is 6.54 Å². The van der Waals surface area contributed by atoms with Crippen LogP contribution in [-0.2, 0) is 0 Å². The highest BCUT2D eigenvalue weighted by atomic mass is 32.1. The smallest absolute Gasteiger partial charge is 0.261 e. The van der Waals surface area contributed by atoms with Gasteiger partial charge in [0, 0.05) is 11.4 Å². The van der Waals surface area contributed by atoms with Crippen LogP contribution in [0.2, 0.25) is 0 Å². The van der Waals surface area contributed by atoms with Crippen molar-refractivity contribution < 1.29 is 4.79 Å². The minimum atomic E-state index is 0.00778. The number of amides is 1. The number of likely N-dealkylation sites (N-methyl/N-ethyl adjacent to an activating group) is 1. The molecule has 1 N–H and O–H groups in total. The Morgan fingerprint density at radius 3 is 2.56 bits per heavy atom. The summed E-state index contributed by atoms with van der Waals surface area (Å²) in [6.07, 6.45) is 0. The summed E-state index contributed by atoms with van der Waals surface area (Å²) in [6, 6.07) is 8.11. The van der Waals surface area contributed by atoms with Crippen molar-refractivity contribution in [3.8, 4) is 0 Å². The third-order valence-corrected chi connectivity index (χ3v) is 4.54. The van der Waals surface area contributed by atoms with Gasteiger partial charge in [0.1, 0.15) is 0 Å². The summed E-state index contributed by atoms with van der Waals surface area (Å²) in [5.74, 6) is 0.00778. The molecule has 2 rings (SSSR count). The highest BCUT2D eigenvalue weighted by molar-refractivity contribution is 7.12. The minimum Gasteiger partial charge on any atom is -0.349 e. The maximum Gasteiger partial charge on any atom is 0.261 e. The lowest BCUT2D eigenvalue weighted by atomic mass is 10.2. The molecule has 0 saturated heterocycles. The number of nitrogens with zero attached hydrogens (tertiary/aromatic N) is 1. The topological polar surface area (TPSA) is 32.3 Å². The molecule has 0 bridgehead atoms. The average Bonchev–Trinajstić information content (AvgIpc) is 3.01. The summed E-state index contributed by atoms with van der Waals surface area (Å²) >= 11 is 3.18. The molecule has 3 nitrogen and oxygen atoms in total. The van der Waals surface area contributed by atoms with E-state index in [0.717, 1.165) is 4.88 Å². The maximum absolute atomic E-state index is 11.9. The first-order valence-corrected chi connectivity index (χ1v) is 7.46. The molecule has 96 valence electrons. The number of carbonyl (C=O) groups is 1. The van der Waals surface area contributed by atoms with Gasteiger partial charge in [-0.3, -0.25) is 4.79 Å². The van der Waals surface area contributed by atoms with Crippen LogP contribution in [0.25, 0.3) is 0 Å². The summed E-state index contributed by atoms with van der Waals surface area (Å²) < 4.78 is 0. The van der Waals surface area contributed by atoms with Gasteiger partial charge in [-0.25, -0.2) is 0 Å². The largest absolute Gasteiger partial charge is 0.349 e. The zero-order chi connectivity index (χ0) is 13.0. The molecular weight excluding hydrogens is 264 g/mol. The third kappa shape index (κ3) is 3.19. The molecule has 0 saturated carbocycles. The number of hydrogen-bond donors (Lipinski definition) is 1. The second-order valence-corrected chi connectivity index (χ2v) is 6.11. The van der Waals surface area contributed by atoms with Gasteiger partial charge in [0.25, 0.3) is 5.91 Å². The third-order valence-electron chi connectivity index (χ3n) is 2.70. The van der Waals surface area contributed by atoms with Crippen molar-refractivity contribution in [1.29, 1.82) is 0 Å². The number of thiophene rings is 2. The lowest BCUT2D eigenvalue weighted by molar-refractivity contribution is 0.0946. The van der Waals surface area contributed by atoms with Gasteiger partial charge in [-0.15, -0.1) is 22.7 Å². The van der Waals surface area contributed by atoms with Gasteiger partial charge >= 0.3 is 0 Å². The maximum atomic E-state index is 11.9. The number of nitrogens with one attached hydrogen (secondary N) is 1. The fraction of sp³-hybridized carbons (Fsp3) is 0.308. The van der Waals surface area contributed by atoms with Crippen LogP contribution in [0.5, 0.6) is 0 Å². The normalized spacial score (nSPS) is 12.6. The minimum absolute atomic E-state index is 0.00778. The zero-order valence-electron chi connectivity index (χ0n) is 10.4. The van der Waals surface area contributed by atoms with E-state index in [1.165, 1.54) is 16.2 Å². The van der Waals surface area contributed by atoms with E-state index in [9.17, 15) is 4.79 Å². The lowest BCUT2D eigenvalue weighted by Gasteiger charge is -2.23. The van der Waals surface area contributed by atoms with Crippen molar-refractivity contribution in [2.24, 2.45) is 0 Å². The molecule has 0 radical (unpaired) electrons. The van der Waals surface area contributed by atoms with Crippen molar-refractivity contribution in [3.05, 3.63) is 44.8 Å². The van der Waals surface area contributed by atoms with Gasteiger partial charge in [-0.1, -0.05) is 12.1 Å². The quantitative estimate of drug-likeness (QED) is 0.913. The van der Waals surface area contributed by atoms with Crippen molar-refractivity contribution >= 4 is 28.6 Å². The number of carbonyl (C=O) groups excluding carboxylic acids is 1. The van der Waals surface area contributed by atoms with Gasteiger partial charge in [0.2, 0.25) is 0 Å². The van der Waals surface area contributed by atoms with E-state index >= 15 is 0 Å². The second-order valence-electron chi connectivity index (χ2n) is 4.18. The number of rotatable bonds is 5. The molecule has 0 spiro atoms. The van der Waals surface area contributed by atoms with E-state index < -0.39 is 0 Å². The lowest BCUT2D eigenvalue weighted by Crippen LogP contribution is -2.33. The molecule has 0 aliphatic heterocycles. The van der Waals surface area contributed by atoms with Gasteiger partial charge in [0.05, 0.1) is 10.9 Å². The Morgan fingerprint density at radius 1 is 1.28 bits per heavy atom. The Hall–Kier alpha value is -1.17. The standard InChI is InChI=1S/C13H16N2OS2/c1-15(2)10(11-5-3-7-17-11)9-14-13(16)12-6-4-8-18-12/h3-8,10H,9H2,1-2H3,(H,14,16). The summed E-state index contributed by atoms with van der Waals surface area (Å²) in [5, 5.41) is 6.97. The molecule has 1 amide bonds. The highest BCUT2D eigenvalue weighted by Crippen LogP contribution is 2.22. The zero-order valence-corrected chi connectivity index (χ0v) is 12.1. The first kappa shape index (κ1) is 13.3. The molecule has 5 heteroatoms. The fourth-order valence-corrected chi connectivity index (χ4v) is 3.27. The van der Waals surface area contributed by atoms with Crippen LogP contribution in [0.15, 0.2) is 35.0 Å². The summed E-state index contributed by atoms with van der Waals surface area (Å²) in [6.45, 7) is 0.629. The monoisotopic (exact) mass is 280 g/mol. The van der Waals surface area contributed by atoms with Crippen molar-refractivity contribution in [2.45, 2.75) is 6.04 Å². The van der Waals surface area contributed by atoms with E-state index in [2.05, 4.69) is 21.7 Å². The Bertz CT molecular complexity index is 477. The SMILES string of the molecule is CN(C)C(CNC(=O)c1cccs1)c1cccs1. The fourth-order valence-electron chi connectivity index (χ4n) is 1.70. The Morgan fingerprint density at radius 2 is 2.00 bits per heavy atom. The molecule has 1 atom stereocenters.